The SMILES string of the molecule is CCC1CN(C(=O)OC(C)(C)C)Cc2nnc(C(F)(F)F)n21. The smallest absolute Gasteiger partial charge is 0.444 e. The molecule has 0 saturated carbocycles. The van der Waals surface area contributed by atoms with Gasteiger partial charge in [0.25, 0.3) is 0 Å². The molecule has 124 valence electrons. The molecule has 0 fully saturated rings. The minimum atomic E-state index is -4.56. The maximum absolute atomic E-state index is 13.0. The number of alkyl halides is 3. The van der Waals surface area contributed by atoms with Crippen LogP contribution in [-0.4, -0.2) is 37.9 Å². The molecule has 1 aliphatic heterocycles. The highest BCUT2D eigenvalue weighted by atomic mass is 19.4. The van der Waals surface area contributed by atoms with Crippen molar-refractivity contribution in [3.8, 4) is 0 Å². The predicted octanol–water partition coefficient (Wildman–Crippen LogP) is 3.00. The van der Waals surface area contributed by atoms with Crippen LogP contribution in [0.15, 0.2) is 0 Å². The van der Waals surface area contributed by atoms with Crippen LogP contribution in [-0.2, 0) is 17.5 Å². The van der Waals surface area contributed by atoms with Crippen molar-refractivity contribution in [3.05, 3.63) is 11.6 Å². The van der Waals surface area contributed by atoms with Crippen molar-refractivity contribution in [1.29, 1.82) is 0 Å². The lowest BCUT2D eigenvalue weighted by molar-refractivity contribution is -0.148. The number of halogens is 3. The summed E-state index contributed by atoms with van der Waals surface area (Å²) >= 11 is 0. The van der Waals surface area contributed by atoms with Gasteiger partial charge in [0.05, 0.1) is 12.6 Å². The minimum Gasteiger partial charge on any atom is -0.444 e. The Labute approximate surface area is 126 Å². The summed E-state index contributed by atoms with van der Waals surface area (Å²) < 4.78 is 45.3. The number of ether oxygens (including phenoxy) is 1. The van der Waals surface area contributed by atoms with E-state index >= 15 is 0 Å². The van der Waals surface area contributed by atoms with Gasteiger partial charge in [0.1, 0.15) is 5.60 Å². The van der Waals surface area contributed by atoms with Crippen molar-refractivity contribution in [1.82, 2.24) is 19.7 Å². The Hall–Kier alpha value is -1.80. The van der Waals surface area contributed by atoms with Crippen LogP contribution in [0.25, 0.3) is 0 Å². The van der Waals surface area contributed by atoms with E-state index in [1.165, 1.54) is 4.90 Å². The highest BCUT2D eigenvalue weighted by molar-refractivity contribution is 5.68. The fourth-order valence-electron chi connectivity index (χ4n) is 2.36. The molecule has 0 saturated heterocycles. The monoisotopic (exact) mass is 320 g/mol. The van der Waals surface area contributed by atoms with Crippen LogP contribution >= 0.6 is 0 Å². The molecular formula is C13H19F3N4O2. The molecule has 0 spiro atoms. The van der Waals surface area contributed by atoms with E-state index in [1.807, 2.05) is 0 Å². The maximum Gasteiger partial charge on any atom is 0.451 e. The van der Waals surface area contributed by atoms with Gasteiger partial charge in [0, 0.05) is 6.54 Å². The lowest BCUT2D eigenvalue weighted by atomic mass is 10.1. The standard InChI is InChI=1S/C13H19F3N4O2/c1-5-8-6-19(11(21)22-12(2,3)4)7-9-17-18-10(20(8)9)13(14,15)16/h8H,5-7H2,1-4H3. The molecule has 6 nitrogen and oxygen atoms in total. The van der Waals surface area contributed by atoms with Crippen LogP contribution in [0.5, 0.6) is 0 Å². The maximum atomic E-state index is 13.0. The second-order valence-corrected chi connectivity index (χ2v) is 6.23. The van der Waals surface area contributed by atoms with E-state index in [4.69, 9.17) is 4.74 Å². The molecule has 9 heteroatoms. The first kappa shape index (κ1) is 16.6. The molecule has 1 aromatic rings. The van der Waals surface area contributed by atoms with Gasteiger partial charge in [-0.15, -0.1) is 10.2 Å². The quantitative estimate of drug-likeness (QED) is 0.798. The zero-order valence-corrected chi connectivity index (χ0v) is 12.9. The van der Waals surface area contributed by atoms with Crippen LogP contribution in [0.2, 0.25) is 0 Å². The fraction of sp³-hybridized carbons (Fsp3) is 0.769. The summed E-state index contributed by atoms with van der Waals surface area (Å²) in [4.78, 5) is 13.5. The second-order valence-electron chi connectivity index (χ2n) is 6.23. The first-order valence-electron chi connectivity index (χ1n) is 7.02. The van der Waals surface area contributed by atoms with Gasteiger partial charge in [0.15, 0.2) is 5.82 Å². The second kappa shape index (κ2) is 5.44. The topological polar surface area (TPSA) is 60.3 Å². The van der Waals surface area contributed by atoms with E-state index in [1.54, 1.807) is 27.7 Å². The third-order valence-electron chi connectivity index (χ3n) is 3.27. The van der Waals surface area contributed by atoms with Crippen LogP contribution in [0.3, 0.4) is 0 Å². The Morgan fingerprint density at radius 2 is 1.95 bits per heavy atom. The number of carbonyl (C=O) groups excluding carboxylic acids is 1. The molecule has 0 aromatic carbocycles. The van der Waals surface area contributed by atoms with Gasteiger partial charge in [-0.3, -0.25) is 4.90 Å². The van der Waals surface area contributed by atoms with E-state index < -0.39 is 29.7 Å². The molecule has 2 heterocycles. The molecule has 0 bridgehead atoms. The number of hydrogen-bond donors (Lipinski definition) is 0. The molecular weight excluding hydrogens is 301 g/mol. The van der Waals surface area contributed by atoms with E-state index in [0.717, 1.165) is 4.57 Å². The molecule has 0 radical (unpaired) electrons. The molecule has 1 aliphatic rings. The molecule has 1 aromatic heterocycles. The van der Waals surface area contributed by atoms with Crippen molar-refractivity contribution in [3.63, 3.8) is 0 Å². The van der Waals surface area contributed by atoms with Crippen LogP contribution < -0.4 is 0 Å². The number of carbonyl (C=O) groups is 1. The Morgan fingerprint density at radius 1 is 1.32 bits per heavy atom. The predicted molar refractivity (Wildman–Crippen MR) is 71.0 cm³/mol. The van der Waals surface area contributed by atoms with Gasteiger partial charge in [-0.05, 0) is 27.2 Å². The largest absolute Gasteiger partial charge is 0.451 e. The molecule has 1 unspecified atom stereocenters. The first-order valence-corrected chi connectivity index (χ1v) is 7.02. The van der Waals surface area contributed by atoms with E-state index in [-0.39, 0.29) is 18.9 Å². The molecule has 22 heavy (non-hydrogen) atoms. The van der Waals surface area contributed by atoms with Crippen molar-refractivity contribution in [2.75, 3.05) is 6.54 Å². The van der Waals surface area contributed by atoms with Gasteiger partial charge in [-0.2, -0.15) is 13.2 Å². The average molecular weight is 320 g/mol. The number of nitrogens with zero attached hydrogens (tertiary/aromatic N) is 4. The van der Waals surface area contributed by atoms with Gasteiger partial charge >= 0.3 is 12.3 Å². The molecule has 2 rings (SSSR count). The van der Waals surface area contributed by atoms with Gasteiger partial charge in [-0.1, -0.05) is 6.92 Å². The third-order valence-corrected chi connectivity index (χ3v) is 3.27. The van der Waals surface area contributed by atoms with Crippen molar-refractivity contribution in [2.45, 2.75) is 58.5 Å². The molecule has 1 amide bonds. The Balaban J connectivity index is 2.28. The van der Waals surface area contributed by atoms with Gasteiger partial charge < -0.3 is 9.30 Å². The summed E-state index contributed by atoms with van der Waals surface area (Å²) in [7, 11) is 0. The summed E-state index contributed by atoms with van der Waals surface area (Å²) in [5.41, 5.74) is -0.666. The highest BCUT2D eigenvalue weighted by Gasteiger charge is 2.42. The summed E-state index contributed by atoms with van der Waals surface area (Å²) in [6.45, 7) is 7.05. The highest BCUT2D eigenvalue weighted by Crippen LogP contribution is 2.34. The van der Waals surface area contributed by atoms with Crippen LogP contribution in [0.4, 0.5) is 18.0 Å². The third kappa shape index (κ3) is 3.33. The fourth-order valence-corrected chi connectivity index (χ4v) is 2.36. The number of aromatic nitrogens is 3. The molecule has 0 N–H and O–H groups in total. The zero-order valence-electron chi connectivity index (χ0n) is 12.9. The summed E-state index contributed by atoms with van der Waals surface area (Å²) in [6, 6.07) is -0.525. The number of rotatable bonds is 1. The van der Waals surface area contributed by atoms with Crippen LogP contribution in [0.1, 0.15) is 51.8 Å². The Bertz CT molecular complexity index is 563. The van der Waals surface area contributed by atoms with E-state index in [2.05, 4.69) is 10.2 Å². The number of amides is 1. The number of hydrogen-bond acceptors (Lipinski definition) is 4. The summed E-state index contributed by atoms with van der Waals surface area (Å²) in [6.07, 6.45) is -4.70. The minimum absolute atomic E-state index is 0.0471. The van der Waals surface area contributed by atoms with Crippen LogP contribution in [0, 0.1) is 0 Å². The molecule has 1 atom stereocenters. The van der Waals surface area contributed by atoms with E-state index in [0.29, 0.717) is 6.42 Å². The first-order chi connectivity index (χ1) is 10.0. The lowest BCUT2D eigenvalue weighted by Gasteiger charge is -2.35. The van der Waals surface area contributed by atoms with Crippen molar-refractivity contribution < 1.29 is 22.7 Å². The summed E-state index contributed by atoms with van der Waals surface area (Å²) in [5, 5.41) is 6.84. The van der Waals surface area contributed by atoms with Gasteiger partial charge in [-0.25, -0.2) is 4.79 Å². The molecule has 0 aliphatic carbocycles. The number of fused-ring (bicyclic) bond motifs is 1. The van der Waals surface area contributed by atoms with Crippen molar-refractivity contribution >= 4 is 6.09 Å². The summed E-state index contributed by atoms with van der Waals surface area (Å²) in [5.74, 6) is -0.894. The Kier molecular flexibility index (Phi) is 4.09. The normalized spacial score (nSPS) is 19.0. The lowest BCUT2D eigenvalue weighted by Crippen LogP contribution is -2.44. The van der Waals surface area contributed by atoms with E-state index in [9.17, 15) is 18.0 Å². The van der Waals surface area contributed by atoms with Crippen molar-refractivity contribution in [2.24, 2.45) is 0 Å². The van der Waals surface area contributed by atoms with Gasteiger partial charge in [0.2, 0.25) is 5.82 Å². The zero-order chi connectivity index (χ0) is 16.7. The Morgan fingerprint density at radius 3 is 2.45 bits per heavy atom. The average Bonchev–Trinajstić information content (AvgIpc) is 2.78.